The second-order valence-corrected chi connectivity index (χ2v) is 8.61. The third kappa shape index (κ3) is 3.64. The van der Waals surface area contributed by atoms with Crippen LogP contribution in [0.3, 0.4) is 0 Å². The van der Waals surface area contributed by atoms with Gasteiger partial charge in [-0.15, -0.1) is 5.06 Å². The molecular weight excluding hydrogens is 398 g/mol. The maximum absolute atomic E-state index is 13.6. The average molecular weight is 419 g/mol. The SMILES string of the molecule is COC(=O)[C@]1(S(=O)(=O)c2ccccc2)C[C@H](OC)CN1OC(=O)c1ccccc1. The highest BCUT2D eigenvalue weighted by atomic mass is 32.2. The third-order valence-electron chi connectivity index (χ3n) is 4.82. The molecule has 154 valence electrons. The molecule has 0 spiro atoms. The highest BCUT2D eigenvalue weighted by molar-refractivity contribution is 7.93. The molecular formula is C20H21NO7S. The van der Waals surface area contributed by atoms with Gasteiger partial charge in [-0.25, -0.2) is 18.0 Å². The van der Waals surface area contributed by atoms with Crippen LogP contribution >= 0.6 is 0 Å². The zero-order chi connectivity index (χ0) is 21.1. The highest BCUT2D eigenvalue weighted by Gasteiger charge is 2.64. The number of hydrogen-bond acceptors (Lipinski definition) is 8. The monoisotopic (exact) mass is 419 g/mol. The van der Waals surface area contributed by atoms with Crippen molar-refractivity contribution in [1.29, 1.82) is 0 Å². The Hall–Kier alpha value is -2.75. The number of benzene rings is 2. The Labute approximate surface area is 168 Å². The van der Waals surface area contributed by atoms with E-state index in [0.717, 1.165) is 12.2 Å². The fraction of sp³-hybridized carbons (Fsp3) is 0.300. The van der Waals surface area contributed by atoms with Crippen LogP contribution in [-0.4, -0.2) is 57.2 Å². The first-order chi connectivity index (χ1) is 13.9. The standard InChI is InChI=1S/C20H21NO7S/c1-26-16-13-20(19(23)27-2,29(24,25)17-11-7-4-8-12-17)21(14-16)28-18(22)15-9-5-3-6-10-15/h3-12,16H,13-14H2,1-2H3/t16-,20+/m0/s1. The topological polar surface area (TPSA) is 99.2 Å². The van der Waals surface area contributed by atoms with Crippen LogP contribution in [0.2, 0.25) is 0 Å². The van der Waals surface area contributed by atoms with Gasteiger partial charge in [-0.3, -0.25) is 0 Å². The van der Waals surface area contributed by atoms with Gasteiger partial charge in [0.05, 0.1) is 30.2 Å². The van der Waals surface area contributed by atoms with Gasteiger partial charge in [0.1, 0.15) is 0 Å². The molecule has 29 heavy (non-hydrogen) atoms. The summed E-state index contributed by atoms with van der Waals surface area (Å²) in [6.45, 7) is -0.115. The number of methoxy groups -OCH3 is 2. The van der Waals surface area contributed by atoms with Crippen molar-refractivity contribution < 1.29 is 32.3 Å². The molecule has 9 heteroatoms. The zero-order valence-corrected chi connectivity index (χ0v) is 16.8. The molecule has 1 aliphatic heterocycles. The molecule has 0 aromatic heterocycles. The maximum atomic E-state index is 13.6. The van der Waals surface area contributed by atoms with Gasteiger partial charge in [0.25, 0.3) is 4.87 Å². The smallest absolute Gasteiger partial charge is 0.357 e. The summed E-state index contributed by atoms with van der Waals surface area (Å²) < 4.78 is 37.3. The Balaban J connectivity index is 2.09. The second kappa shape index (κ2) is 8.32. The maximum Gasteiger partial charge on any atom is 0.357 e. The first-order valence-electron chi connectivity index (χ1n) is 8.82. The lowest BCUT2D eigenvalue weighted by molar-refractivity contribution is -0.173. The van der Waals surface area contributed by atoms with E-state index in [2.05, 4.69) is 0 Å². The van der Waals surface area contributed by atoms with Crippen molar-refractivity contribution in [2.45, 2.75) is 22.3 Å². The van der Waals surface area contributed by atoms with Crippen LogP contribution in [0, 0.1) is 0 Å². The molecule has 1 fully saturated rings. The summed E-state index contributed by atoms with van der Waals surface area (Å²) in [6.07, 6.45) is -0.925. The summed E-state index contributed by atoms with van der Waals surface area (Å²) in [5.74, 6) is -1.85. The summed E-state index contributed by atoms with van der Waals surface area (Å²) in [5.41, 5.74) is 0.212. The normalized spacial score (nSPS) is 22.2. The zero-order valence-electron chi connectivity index (χ0n) is 16.0. The molecule has 0 bridgehead atoms. The Morgan fingerprint density at radius 1 is 1.00 bits per heavy atom. The molecule has 3 rings (SSSR count). The molecule has 2 atom stereocenters. The Morgan fingerprint density at radius 3 is 2.14 bits per heavy atom. The number of hydroxylamine groups is 2. The van der Waals surface area contributed by atoms with Crippen LogP contribution in [0.15, 0.2) is 65.6 Å². The predicted molar refractivity (Wildman–Crippen MR) is 102 cm³/mol. The highest BCUT2D eigenvalue weighted by Crippen LogP contribution is 2.41. The molecule has 1 heterocycles. The van der Waals surface area contributed by atoms with Gasteiger partial charge in [0.15, 0.2) is 0 Å². The lowest BCUT2D eigenvalue weighted by Crippen LogP contribution is -2.57. The van der Waals surface area contributed by atoms with E-state index in [4.69, 9.17) is 14.3 Å². The Bertz CT molecular complexity index is 978. The minimum Gasteiger partial charge on any atom is -0.467 e. The van der Waals surface area contributed by atoms with Gasteiger partial charge in [0, 0.05) is 13.5 Å². The van der Waals surface area contributed by atoms with E-state index >= 15 is 0 Å². The van der Waals surface area contributed by atoms with Crippen molar-refractivity contribution >= 4 is 21.8 Å². The molecule has 0 amide bonds. The molecule has 8 nitrogen and oxygen atoms in total. The van der Waals surface area contributed by atoms with Gasteiger partial charge in [-0.1, -0.05) is 36.4 Å². The summed E-state index contributed by atoms with van der Waals surface area (Å²) in [5, 5.41) is 0.866. The molecule has 1 aliphatic rings. The van der Waals surface area contributed by atoms with Crippen LogP contribution in [0.5, 0.6) is 0 Å². The van der Waals surface area contributed by atoms with Gasteiger partial charge < -0.3 is 14.3 Å². The Morgan fingerprint density at radius 2 is 1.59 bits per heavy atom. The number of carbonyl (C=O) groups is 2. The van der Waals surface area contributed by atoms with E-state index in [-0.39, 0.29) is 23.4 Å². The summed E-state index contributed by atoms with van der Waals surface area (Å²) in [4.78, 5) is 28.5. The molecule has 0 unspecified atom stereocenters. The van der Waals surface area contributed by atoms with E-state index in [1.165, 1.54) is 31.4 Å². The van der Waals surface area contributed by atoms with Crippen molar-refractivity contribution in [3.05, 3.63) is 66.2 Å². The fourth-order valence-corrected chi connectivity index (χ4v) is 5.29. The van der Waals surface area contributed by atoms with E-state index in [9.17, 15) is 18.0 Å². The number of ether oxygens (including phenoxy) is 2. The van der Waals surface area contributed by atoms with Crippen LogP contribution < -0.4 is 0 Å². The number of sulfone groups is 1. The quantitative estimate of drug-likeness (QED) is 0.654. The number of esters is 1. The molecule has 2 aromatic rings. The summed E-state index contributed by atoms with van der Waals surface area (Å²) in [6, 6.07) is 15.6. The van der Waals surface area contributed by atoms with E-state index in [1.54, 1.807) is 36.4 Å². The van der Waals surface area contributed by atoms with Gasteiger partial charge in [0.2, 0.25) is 9.84 Å². The minimum absolute atomic E-state index is 0.0945. The summed E-state index contributed by atoms with van der Waals surface area (Å²) in [7, 11) is -1.86. The van der Waals surface area contributed by atoms with Crippen molar-refractivity contribution in [2.24, 2.45) is 0 Å². The van der Waals surface area contributed by atoms with E-state index < -0.39 is 32.8 Å². The molecule has 0 saturated carbocycles. The van der Waals surface area contributed by atoms with Crippen molar-refractivity contribution in [2.75, 3.05) is 20.8 Å². The number of hydrogen-bond donors (Lipinski definition) is 0. The molecule has 1 saturated heterocycles. The lowest BCUT2D eigenvalue weighted by Gasteiger charge is -2.33. The third-order valence-corrected chi connectivity index (χ3v) is 7.13. The van der Waals surface area contributed by atoms with Crippen LogP contribution in [0.1, 0.15) is 16.8 Å². The van der Waals surface area contributed by atoms with Crippen molar-refractivity contribution in [3.63, 3.8) is 0 Å². The summed E-state index contributed by atoms with van der Waals surface area (Å²) >= 11 is 0. The number of rotatable bonds is 6. The fourth-order valence-electron chi connectivity index (χ4n) is 3.30. The van der Waals surface area contributed by atoms with Crippen molar-refractivity contribution in [3.8, 4) is 0 Å². The number of nitrogens with zero attached hydrogens (tertiary/aromatic N) is 1. The van der Waals surface area contributed by atoms with Gasteiger partial charge >= 0.3 is 11.9 Å². The van der Waals surface area contributed by atoms with Crippen LogP contribution in [0.25, 0.3) is 0 Å². The lowest BCUT2D eigenvalue weighted by atomic mass is 10.2. The average Bonchev–Trinajstić information content (AvgIpc) is 3.14. The second-order valence-electron chi connectivity index (χ2n) is 6.46. The molecule has 2 aromatic carbocycles. The Kier molecular flexibility index (Phi) is 6.02. The van der Waals surface area contributed by atoms with Gasteiger partial charge in [-0.2, -0.15) is 0 Å². The van der Waals surface area contributed by atoms with Crippen molar-refractivity contribution in [1.82, 2.24) is 5.06 Å². The van der Waals surface area contributed by atoms with Crippen LogP contribution in [-0.2, 0) is 28.9 Å². The first-order valence-corrected chi connectivity index (χ1v) is 10.3. The minimum atomic E-state index is -4.34. The molecule has 0 N–H and O–H groups in total. The molecule has 0 radical (unpaired) electrons. The molecule has 0 aliphatic carbocycles. The largest absolute Gasteiger partial charge is 0.467 e. The van der Waals surface area contributed by atoms with Crippen LogP contribution in [0.4, 0.5) is 0 Å². The van der Waals surface area contributed by atoms with Gasteiger partial charge in [-0.05, 0) is 24.3 Å². The van der Waals surface area contributed by atoms with E-state index in [1.807, 2.05) is 0 Å². The predicted octanol–water partition coefficient (Wildman–Crippen LogP) is 1.82. The van der Waals surface area contributed by atoms with E-state index in [0.29, 0.717) is 0 Å². The first kappa shape index (κ1) is 21.0. The number of carbonyl (C=O) groups excluding carboxylic acids is 2.